The minimum atomic E-state index is 0.481. The fourth-order valence-corrected chi connectivity index (χ4v) is 1.73. The summed E-state index contributed by atoms with van der Waals surface area (Å²) in [4.78, 5) is 10.7. The third kappa shape index (κ3) is 3.81. The summed E-state index contributed by atoms with van der Waals surface area (Å²) in [5.41, 5.74) is 8.82. The quantitative estimate of drug-likeness (QED) is 0.676. The van der Waals surface area contributed by atoms with E-state index in [4.69, 9.17) is 5.73 Å². The van der Waals surface area contributed by atoms with Crippen molar-refractivity contribution >= 4 is 11.6 Å². The van der Waals surface area contributed by atoms with Crippen LogP contribution in [0.4, 0.5) is 5.69 Å². The van der Waals surface area contributed by atoms with E-state index in [1.165, 1.54) is 0 Å². The van der Waals surface area contributed by atoms with Gasteiger partial charge in [-0.1, -0.05) is 24.3 Å². The first kappa shape index (κ1) is 13.1. The normalized spacial score (nSPS) is 11.4. The van der Waals surface area contributed by atoms with E-state index in [9.17, 15) is 0 Å². The zero-order chi connectivity index (χ0) is 13.7. The van der Waals surface area contributed by atoms with E-state index in [2.05, 4.69) is 9.98 Å². The summed E-state index contributed by atoms with van der Waals surface area (Å²) >= 11 is 0. The number of hydrogen-bond donors (Lipinski definition) is 1. The summed E-state index contributed by atoms with van der Waals surface area (Å²) in [6, 6.07) is 15.6. The number of nitrogens with two attached hydrogens (primary N) is 1. The summed E-state index contributed by atoms with van der Waals surface area (Å²) in [7, 11) is 1.91. The number of guanidine groups is 1. The fraction of sp³-hybridized carbons (Fsp3) is 0.200. The Morgan fingerprint density at radius 2 is 1.89 bits per heavy atom. The molecular formula is C15H18N4. The van der Waals surface area contributed by atoms with Gasteiger partial charge in [0, 0.05) is 12.7 Å². The van der Waals surface area contributed by atoms with Crippen molar-refractivity contribution in [3.63, 3.8) is 0 Å². The zero-order valence-electron chi connectivity index (χ0n) is 11.2. The molecular weight excluding hydrogens is 236 g/mol. The van der Waals surface area contributed by atoms with Crippen LogP contribution in [-0.4, -0.2) is 22.9 Å². The number of nitrogens with zero attached hydrogens (tertiary/aromatic N) is 3. The lowest BCUT2D eigenvalue weighted by Gasteiger charge is -2.17. The second kappa shape index (κ2) is 6.00. The minimum absolute atomic E-state index is 0.481. The summed E-state index contributed by atoms with van der Waals surface area (Å²) in [6.45, 7) is 2.62. The molecule has 2 rings (SSSR count). The van der Waals surface area contributed by atoms with Crippen molar-refractivity contribution in [3.8, 4) is 0 Å². The summed E-state index contributed by atoms with van der Waals surface area (Å²) < 4.78 is 0. The Bertz CT molecular complexity index is 563. The molecule has 0 radical (unpaired) electrons. The van der Waals surface area contributed by atoms with Gasteiger partial charge in [-0.3, -0.25) is 4.98 Å². The number of aliphatic imine (C=N–C) groups is 1. The first-order valence-corrected chi connectivity index (χ1v) is 6.18. The van der Waals surface area contributed by atoms with Crippen molar-refractivity contribution in [1.29, 1.82) is 0 Å². The highest BCUT2D eigenvalue weighted by Gasteiger charge is 2.04. The molecule has 1 aromatic carbocycles. The van der Waals surface area contributed by atoms with Crippen molar-refractivity contribution in [3.05, 3.63) is 59.9 Å². The number of rotatable bonds is 3. The lowest BCUT2D eigenvalue weighted by Crippen LogP contribution is -2.33. The lowest BCUT2D eigenvalue weighted by atomic mass is 10.3. The molecule has 0 aliphatic carbocycles. The SMILES string of the molecule is Cc1cccc(CN(C)C(N)=Nc2ccccc2)n1. The van der Waals surface area contributed by atoms with Crippen molar-refractivity contribution in [2.75, 3.05) is 7.05 Å². The van der Waals surface area contributed by atoms with Crippen LogP contribution in [0.1, 0.15) is 11.4 Å². The van der Waals surface area contributed by atoms with Gasteiger partial charge in [-0.2, -0.15) is 0 Å². The van der Waals surface area contributed by atoms with E-state index in [0.29, 0.717) is 12.5 Å². The molecule has 0 amide bonds. The molecule has 0 atom stereocenters. The lowest BCUT2D eigenvalue weighted by molar-refractivity contribution is 0.486. The Morgan fingerprint density at radius 3 is 2.58 bits per heavy atom. The Kier molecular flexibility index (Phi) is 4.13. The molecule has 0 fully saturated rings. The molecule has 0 spiro atoms. The standard InChI is InChI=1S/C15H18N4/c1-12-7-6-10-14(17-12)11-19(2)15(16)18-13-8-4-3-5-9-13/h3-10H,11H2,1-2H3,(H2,16,18). The highest BCUT2D eigenvalue weighted by Crippen LogP contribution is 2.10. The second-order valence-corrected chi connectivity index (χ2v) is 4.43. The van der Waals surface area contributed by atoms with Gasteiger partial charge in [0.1, 0.15) is 0 Å². The van der Waals surface area contributed by atoms with Crippen LogP contribution in [0, 0.1) is 6.92 Å². The molecule has 2 N–H and O–H groups in total. The molecule has 4 nitrogen and oxygen atoms in total. The third-order valence-corrected chi connectivity index (χ3v) is 2.74. The molecule has 2 aromatic rings. The van der Waals surface area contributed by atoms with Crippen LogP contribution in [-0.2, 0) is 6.54 Å². The van der Waals surface area contributed by atoms with Crippen molar-refractivity contribution < 1.29 is 0 Å². The number of hydrogen-bond acceptors (Lipinski definition) is 2. The number of para-hydroxylation sites is 1. The van der Waals surface area contributed by atoms with Crippen LogP contribution >= 0.6 is 0 Å². The van der Waals surface area contributed by atoms with Gasteiger partial charge >= 0.3 is 0 Å². The van der Waals surface area contributed by atoms with Crippen LogP contribution in [0.5, 0.6) is 0 Å². The smallest absolute Gasteiger partial charge is 0.196 e. The molecule has 0 aliphatic rings. The Labute approximate surface area is 113 Å². The average molecular weight is 254 g/mol. The van der Waals surface area contributed by atoms with Gasteiger partial charge in [-0.15, -0.1) is 0 Å². The van der Waals surface area contributed by atoms with E-state index >= 15 is 0 Å². The van der Waals surface area contributed by atoms with E-state index < -0.39 is 0 Å². The molecule has 1 heterocycles. The molecule has 0 saturated heterocycles. The van der Waals surface area contributed by atoms with E-state index in [0.717, 1.165) is 17.1 Å². The maximum atomic E-state index is 5.98. The van der Waals surface area contributed by atoms with Crippen LogP contribution in [0.15, 0.2) is 53.5 Å². The molecule has 4 heteroatoms. The number of aromatic nitrogens is 1. The second-order valence-electron chi connectivity index (χ2n) is 4.43. The number of aryl methyl sites for hydroxylation is 1. The monoisotopic (exact) mass is 254 g/mol. The first-order chi connectivity index (χ1) is 9.15. The van der Waals surface area contributed by atoms with Crippen molar-refractivity contribution in [2.45, 2.75) is 13.5 Å². The van der Waals surface area contributed by atoms with Gasteiger partial charge in [0.2, 0.25) is 0 Å². The van der Waals surface area contributed by atoms with E-state index in [1.54, 1.807) is 0 Å². The van der Waals surface area contributed by atoms with Gasteiger partial charge in [0.25, 0.3) is 0 Å². The molecule has 1 aromatic heterocycles. The van der Waals surface area contributed by atoms with Crippen LogP contribution in [0.3, 0.4) is 0 Å². The van der Waals surface area contributed by atoms with E-state index in [1.807, 2.05) is 67.4 Å². The largest absolute Gasteiger partial charge is 0.369 e. The van der Waals surface area contributed by atoms with Crippen molar-refractivity contribution in [2.24, 2.45) is 10.7 Å². The molecule has 0 unspecified atom stereocenters. The molecule has 0 aliphatic heterocycles. The Hall–Kier alpha value is -2.36. The van der Waals surface area contributed by atoms with Gasteiger partial charge in [-0.25, -0.2) is 4.99 Å². The summed E-state index contributed by atoms with van der Waals surface area (Å²) in [6.07, 6.45) is 0. The minimum Gasteiger partial charge on any atom is -0.369 e. The van der Waals surface area contributed by atoms with Crippen LogP contribution < -0.4 is 5.73 Å². The maximum absolute atomic E-state index is 5.98. The Morgan fingerprint density at radius 1 is 1.16 bits per heavy atom. The maximum Gasteiger partial charge on any atom is 0.196 e. The van der Waals surface area contributed by atoms with E-state index in [-0.39, 0.29) is 0 Å². The molecule has 98 valence electrons. The van der Waals surface area contributed by atoms with Gasteiger partial charge in [0.05, 0.1) is 17.9 Å². The average Bonchev–Trinajstić information content (AvgIpc) is 2.40. The summed E-state index contributed by atoms with van der Waals surface area (Å²) in [5.74, 6) is 0.481. The highest BCUT2D eigenvalue weighted by atomic mass is 15.2. The predicted molar refractivity (Wildman–Crippen MR) is 78.2 cm³/mol. The van der Waals surface area contributed by atoms with Gasteiger partial charge in [-0.05, 0) is 31.2 Å². The van der Waals surface area contributed by atoms with Crippen molar-refractivity contribution in [1.82, 2.24) is 9.88 Å². The zero-order valence-corrected chi connectivity index (χ0v) is 11.2. The van der Waals surface area contributed by atoms with Gasteiger partial charge in [0.15, 0.2) is 5.96 Å². The first-order valence-electron chi connectivity index (χ1n) is 6.18. The topological polar surface area (TPSA) is 54.5 Å². The van der Waals surface area contributed by atoms with Crippen LogP contribution in [0.25, 0.3) is 0 Å². The highest BCUT2D eigenvalue weighted by molar-refractivity contribution is 5.80. The van der Waals surface area contributed by atoms with Crippen LogP contribution in [0.2, 0.25) is 0 Å². The van der Waals surface area contributed by atoms with Gasteiger partial charge < -0.3 is 10.6 Å². The molecule has 19 heavy (non-hydrogen) atoms. The fourth-order valence-electron chi connectivity index (χ4n) is 1.73. The molecule has 0 bridgehead atoms. The third-order valence-electron chi connectivity index (χ3n) is 2.74. The Balaban J connectivity index is 2.07. The number of benzene rings is 1. The predicted octanol–water partition coefficient (Wildman–Crippen LogP) is 2.47. The summed E-state index contributed by atoms with van der Waals surface area (Å²) in [5, 5.41) is 0. The number of pyridine rings is 1. The molecule has 0 saturated carbocycles.